The number of carbonyl (C=O) groups excluding carboxylic acids is 1. The van der Waals surface area contributed by atoms with Crippen molar-refractivity contribution < 1.29 is 9.21 Å². The number of aryl methyl sites for hydroxylation is 2. The molecule has 1 heterocycles. The molecule has 100 valence electrons. The molecule has 0 aliphatic rings. The summed E-state index contributed by atoms with van der Waals surface area (Å²) in [5.41, 5.74) is 2.81. The van der Waals surface area contributed by atoms with Gasteiger partial charge in [0.1, 0.15) is 11.5 Å². The smallest absolute Gasteiger partial charge is 0.221 e. The normalized spacial score (nSPS) is 10.3. The fourth-order valence-corrected chi connectivity index (χ4v) is 1.83. The number of hydrogen-bond acceptors (Lipinski definition) is 3. The van der Waals surface area contributed by atoms with Gasteiger partial charge in [0.05, 0.1) is 6.54 Å². The minimum Gasteiger partial charge on any atom is -0.465 e. The van der Waals surface area contributed by atoms with Crippen LogP contribution in [-0.4, -0.2) is 5.91 Å². The van der Waals surface area contributed by atoms with E-state index in [2.05, 4.69) is 10.6 Å². The zero-order valence-corrected chi connectivity index (χ0v) is 11.4. The molecule has 0 saturated carbocycles. The molecule has 0 radical (unpaired) electrons. The van der Waals surface area contributed by atoms with Crippen LogP contribution in [0.4, 0.5) is 11.4 Å². The summed E-state index contributed by atoms with van der Waals surface area (Å²) in [4.78, 5) is 11.1. The Morgan fingerprint density at radius 3 is 2.63 bits per heavy atom. The van der Waals surface area contributed by atoms with E-state index < -0.39 is 0 Å². The number of hydrogen-bond donors (Lipinski definition) is 2. The van der Waals surface area contributed by atoms with Crippen LogP contribution in [0.25, 0.3) is 0 Å². The number of carbonyl (C=O) groups is 1. The van der Waals surface area contributed by atoms with E-state index in [1.165, 1.54) is 6.92 Å². The van der Waals surface area contributed by atoms with Crippen LogP contribution < -0.4 is 10.6 Å². The highest BCUT2D eigenvalue weighted by Gasteiger charge is 2.03. The van der Waals surface area contributed by atoms with Gasteiger partial charge in [-0.05, 0) is 43.7 Å². The van der Waals surface area contributed by atoms with Crippen LogP contribution in [0.15, 0.2) is 34.7 Å². The fourth-order valence-electron chi connectivity index (χ4n) is 1.83. The van der Waals surface area contributed by atoms with Gasteiger partial charge in [-0.1, -0.05) is 6.07 Å². The zero-order valence-electron chi connectivity index (χ0n) is 11.4. The van der Waals surface area contributed by atoms with E-state index in [1.54, 1.807) is 0 Å². The molecule has 0 atom stereocenters. The molecular weight excluding hydrogens is 240 g/mol. The topological polar surface area (TPSA) is 54.3 Å². The summed E-state index contributed by atoms with van der Waals surface area (Å²) < 4.78 is 5.49. The van der Waals surface area contributed by atoms with Crippen LogP contribution >= 0.6 is 0 Å². The summed E-state index contributed by atoms with van der Waals surface area (Å²) in [7, 11) is 0. The second-order valence-corrected chi connectivity index (χ2v) is 4.58. The lowest BCUT2D eigenvalue weighted by Crippen LogP contribution is -2.08. The molecule has 0 aliphatic heterocycles. The number of furan rings is 1. The Morgan fingerprint density at radius 1 is 1.21 bits per heavy atom. The predicted octanol–water partition coefficient (Wildman–Crippen LogP) is 3.47. The van der Waals surface area contributed by atoms with E-state index in [1.807, 2.05) is 44.2 Å². The maximum atomic E-state index is 11.1. The fraction of sp³-hybridized carbons (Fsp3) is 0.267. The van der Waals surface area contributed by atoms with Gasteiger partial charge in [-0.3, -0.25) is 4.79 Å². The third kappa shape index (κ3) is 3.61. The average molecular weight is 258 g/mol. The minimum absolute atomic E-state index is 0.0677. The molecule has 0 unspecified atom stereocenters. The van der Waals surface area contributed by atoms with Gasteiger partial charge in [0, 0.05) is 18.3 Å². The van der Waals surface area contributed by atoms with Gasteiger partial charge in [-0.25, -0.2) is 0 Å². The van der Waals surface area contributed by atoms with E-state index in [4.69, 9.17) is 4.42 Å². The molecule has 1 amide bonds. The zero-order chi connectivity index (χ0) is 13.8. The lowest BCUT2D eigenvalue weighted by atomic mass is 10.1. The lowest BCUT2D eigenvalue weighted by Gasteiger charge is -2.10. The highest BCUT2D eigenvalue weighted by molar-refractivity contribution is 5.90. The largest absolute Gasteiger partial charge is 0.465 e. The first kappa shape index (κ1) is 13.2. The molecule has 0 spiro atoms. The Morgan fingerprint density at radius 2 is 2.00 bits per heavy atom. The predicted molar refractivity (Wildman–Crippen MR) is 76.3 cm³/mol. The van der Waals surface area contributed by atoms with Gasteiger partial charge in [0.15, 0.2) is 0 Å². The molecule has 2 rings (SSSR count). The van der Waals surface area contributed by atoms with Crippen molar-refractivity contribution in [1.82, 2.24) is 0 Å². The summed E-state index contributed by atoms with van der Waals surface area (Å²) in [6.45, 7) is 6.01. The number of nitrogens with one attached hydrogen (secondary N) is 2. The Balaban J connectivity index is 2.06. The van der Waals surface area contributed by atoms with Crippen molar-refractivity contribution in [3.63, 3.8) is 0 Å². The van der Waals surface area contributed by atoms with Gasteiger partial charge >= 0.3 is 0 Å². The third-order valence-corrected chi connectivity index (χ3v) is 2.81. The molecular formula is C15H18N2O2. The number of benzene rings is 1. The molecule has 19 heavy (non-hydrogen) atoms. The number of anilines is 2. The second-order valence-electron chi connectivity index (χ2n) is 4.58. The van der Waals surface area contributed by atoms with Crippen molar-refractivity contribution in [3.05, 3.63) is 47.4 Å². The molecule has 1 aromatic carbocycles. The van der Waals surface area contributed by atoms with E-state index in [-0.39, 0.29) is 5.91 Å². The van der Waals surface area contributed by atoms with Crippen LogP contribution in [0.2, 0.25) is 0 Å². The van der Waals surface area contributed by atoms with E-state index in [0.717, 1.165) is 28.5 Å². The molecule has 0 aliphatic carbocycles. The molecule has 0 saturated heterocycles. The third-order valence-electron chi connectivity index (χ3n) is 2.81. The summed E-state index contributed by atoms with van der Waals surface area (Å²) >= 11 is 0. The Kier molecular flexibility index (Phi) is 3.90. The maximum Gasteiger partial charge on any atom is 0.221 e. The maximum absolute atomic E-state index is 11.1. The molecule has 0 fully saturated rings. The highest BCUT2D eigenvalue weighted by atomic mass is 16.3. The van der Waals surface area contributed by atoms with Crippen LogP contribution in [0.3, 0.4) is 0 Å². The first-order valence-corrected chi connectivity index (χ1v) is 6.22. The monoisotopic (exact) mass is 258 g/mol. The summed E-state index contributed by atoms with van der Waals surface area (Å²) in [5.74, 6) is 1.72. The lowest BCUT2D eigenvalue weighted by molar-refractivity contribution is -0.114. The SMILES string of the molecule is CC(=O)Nc1cc(NCc2ccc(C)o2)ccc1C. The quantitative estimate of drug-likeness (QED) is 0.883. The number of amides is 1. The molecule has 2 aromatic rings. The van der Waals surface area contributed by atoms with Crippen molar-refractivity contribution in [2.75, 3.05) is 10.6 Å². The van der Waals surface area contributed by atoms with Gasteiger partial charge < -0.3 is 15.1 Å². The summed E-state index contributed by atoms with van der Waals surface area (Å²) in [5, 5.41) is 6.08. The van der Waals surface area contributed by atoms with Crippen molar-refractivity contribution in [1.29, 1.82) is 0 Å². The first-order valence-electron chi connectivity index (χ1n) is 6.22. The van der Waals surface area contributed by atoms with Gasteiger partial charge in [0.25, 0.3) is 0 Å². The second kappa shape index (κ2) is 5.61. The van der Waals surface area contributed by atoms with Crippen molar-refractivity contribution in [3.8, 4) is 0 Å². The molecule has 4 heteroatoms. The van der Waals surface area contributed by atoms with Crippen molar-refractivity contribution >= 4 is 17.3 Å². The van der Waals surface area contributed by atoms with Crippen LogP contribution in [0.1, 0.15) is 24.0 Å². The average Bonchev–Trinajstić information content (AvgIpc) is 2.75. The van der Waals surface area contributed by atoms with E-state index >= 15 is 0 Å². The highest BCUT2D eigenvalue weighted by Crippen LogP contribution is 2.21. The summed E-state index contributed by atoms with van der Waals surface area (Å²) in [6.07, 6.45) is 0. The molecule has 2 N–H and O–H groups in total. The van der Waals surface area contributed by atoms with E-state index in [0.29, 0.717) is 6.54 Å². The van der Waals surface area contributed by atoms with E-state index in [9.17, 15) is 4.79 Å². The number of rotatable bonds is 4. The first-order chi connectivity index (χ1) is 9.04. The Bertz CT molecular complexity index is 588. The molecule has 1 aromatic heterocycles. The van der Waals surface area contributed by atoms with Crippen molar-refractivity contribution in [2.24, 2.45) is 0 Å². The van der Waals surface area contributed by atoms with Crippen LogP contribution in [-0.2, 0) is 11.3 Å². The molecule has 4 nitrogen and oxygen atoms in total. The Hall–Kier alpha value is -2.23. The minimum atomic E-state index is -0.0677. The van der Waals surface area contributed by atoms with Gasteiger partial charge in [-0.2, -0.15) is 0 Å². The van der Waals surface area contributed by atoms with Crippen LogP contribution in [0.5, 0.6) is 0 Å². The van der Waals surface area contributed by atoms with Crippen LogP contribution in [0, 0.1) is 13.8 Å². The van der Waals surface area contributed by atoms with Gasteiger partial charge in [-0.15, -0.1) is 0 Å². The van der Waals surface area contributed by atoms with Gasteiger partial charge in [0.2, 0.25) is 5.91 Å². The molecule has 0 bridgehead atoms. The van der Waals surface area contributed by atoms with Crippen molar-refractivity contribution in [2.45, 2.75) is 27.3 Å². The Labute approximate surface area is 112 Å². The standard InChI is InChI=1S/C15H18N2O2/c1-10-4-6-13(8-15(10)17-12(3)18)16-9-14-7-5-11(2)19-14/h4-8,16H,9H2,1-3H3,(H,17,18). The summed E-state index contributed by atoms with van der Waals surface area (Å²) in [6, 6.07) is 9.77.